The van der Waals surface area contributed by atoms with Crippen molar-refractivity contribution in [1.82, 2.24) is 9.97 Å². The van der Waals surface area contributed by atoms with E-state index < -0.39 is 0 Å². The molecular formula is C23H15BrN2. The minimum atomic E-state index is 0.900. The van der Waals surface area contributed by atoms with E-state index in [1.165, 1.54) is 32.7 Å². The summed E-state index contributed by atoms with van der Waals surface area (Å²) in [4.78, 5) is 7.72. The Labute approximate surface area is 159 Å². The maximum atomic E-state index is 4.47. The molecule has 0 bridgehead atoms. The molecule has 1 heterocycles. The van der Waals surface area contributed by atoms with Gasteiger partial charge < -0.3 is 4.98 Å². The Morgan fingerprint density at radius 1 is 0.731 bits per heavy atom. The Morgan fingerprint density at radius 2 is 1.50 bits per heavy atom. The molecule has 4 aromatic carbocycles. The number of hydrogen-bond donors (Lipinski definition) is 1. The maximum Gasteiger partial charge on any atom is 0.137 e. The number of rotatable bonds is 2. The molecule has 0 saturated heterocycles. The molecule has 1 aromatic heterocycles. The Kier molecular flexibility index (Phi) is 3.61. The number of imidazole rings is 1. The maximum absolute atomic E-state index is 4.47. The second-order valence-corrected chi connectivity index (χ2v) is 7.27. The predicted octanol–water partition coefficient (Wildman–Crippen LogP) is 6.81. The van der Waals surface area contributed by atoms with E-state index in [1.54, 1.807) is 6.20 Å². The van der Waals surface area contributed by atoms with Crippen molar-refractivity contribution in [3.8, 4) is 22.5 Å². The molecule has 0 aliphatic carbocycles. The van der Waals surface area contributed by atoms with Gasteiger partial charge in [-0.05, 0) is 56.9 Å². The number of aromatic amines is 1. The molecule has 0 atom stereocenters. The van der Waals surface area contributed by atoms with Gasteiger partial charge in [0.1, 0.15) is 5.82 Å². The number of halogens is 1. The molecule has 3 heteroatoms. The van der Waals surface area contributed by atoms with E-state index in [0.29, 0.717) is 0 Å². The molecule has 0 unspecified atom stereocenters. The highest BCUT2D eigenvalue weighted by atomic mass is 79.9. The van der Waals surface area contributed by atoms with E-state index in [1.807, 2.05) is 6.20 Å². The lowest BCUT2D eigenvalue weighted by Gasteiger charge is -2.11. The van der Waals surface area contributed by atoms with Crippen LogP contribution in [0.3, 0.4) is 0 Å². The fourth-order valence-electron chi connectivity index (χ4n) is 3.54. The fourth-order valence-corrected chi connectivity index (χ4v) is 3.81. The number of hydrogen-bond acceptors (Lipinski definition) is 1. The van der Waals surface area contributed by atoms with Gasteiger partial charge in [-0.1, -0.05) is 64.5 Å². The van der Waals surface area contributed by atoms with Gasteiger partial charge in [0.05, 0.1) is 0 Å². The van der Waals surface area contributed by atoms with Crippen molar-refractivity contribution in [3.63, 3.8) is 0 Å². The van der Waals surface area contributed by atoms with Crippen LogP contribution >= 0.6 is 15.9 Å². The summed E-state index contributed by atoms with van der Waals surface area (Å²) in [5.74, 6) is 0.900. The van der Waals surface area contributed by atoms with Crippen LogP contribution in [0.5, 0.6) is 0 Å². The summed E-state index contributed by atoms with van der Waals surface area (Å²) in [6.07, 6.45) is 3.67. The second-order valence-electron chi connectivity index (χ2n) is 6.35. The minimum absolute atomic E-state index is 0.900. The molecule has 0 aliphatic heterocycles. The molecule has 0 amide bonds. The first-order valence-corrected chi connectivity index (χ1v) is 9.30. The number of nitrogens with one attached hydrogen (secondary N) is 1. The Morgan fingerprint density at radius 3 is 2.27 bits per heavy atom. The number of H-pyrrole nitrogens is 1. The van der Waals surface area contributed by atoms with Crippen molar-refractivity contribution in [3.05, 3.63) is 89.7 Å². The average Bonchev–Trinajstić information content (AvgIpc) is 3.22. The van der Waals surface area contributed by atoms with Gasteiger partial charge in [-0.15, -0.1) is 0 Å². The zero-order chi connectivity index (χ0) is 17.5. The quantitative estimate of drug-likeness (QED) is 0.325. The molecular weight excluding hydrogens is 384 g/mol. The van der Waals surface area contributed by atoms with E-state index in [-0.39, 0.29) is 0 Å². The smallest absolute Gasteiger partial charge is 0.137 e. The van der Waals surface area contributed by atoms with Crippen molar-refractivity contribution in [2.75, 3.05) is 0 Å². The first kappa shape index (κ1) is 15.4. The highest BCUT2D eigenvalue weighted by Gasteiger charge is 2.10. The largest absolute Gasteiger partial charge is 0.345 e. The fraction of sp³-hybridized carbons (Fsp3) is 0. The van der Waals surface area contributed by atoms with Gasteiger partial charge >= 0.3 is 0 Å². The van der Waals surface area contributed by atoms with E-state index >= 15 is 0 Å². The van der Waals surface area contributed by atoms with Crippen molar-refractivity contribution in [2.45, 2.75) is 0 Å². The highest BCUT2D eigenvalue weighted by molar-refractivity contribution is 9.10. The van der Waals surface area contributed by atoms with Crippen molar-refractivity contribution in [1.29, 1.82) is 0 Å². The Hall–Kier alpha value is -2.91. The number of nitrogens with zero attached hydrogens (tertiary/aromatic N) is 1. The summed E-state index contributed by atoms with van der Waals surface area (Å²) in [7, 11) is 0. The van der Waals surface area contributed by atoms with E-state index in [4.69, 9.17) is 0 Å². The molecule has 5 rings (SSSR count). The summed E-state index contributed by atoms with van der Waals surface area (Å²) >= 11 is 3.51. The molecule has 2 nitrogen and oxygen atoms in total. The number of aromatic nitrogens is 2. The number of benzene rings is 4. The summed E-state index contributed by atoms with van der Waals surface area (Å²) < 4.78 is 1.09. The predicted molar refractivity (Wildman–Crippen MR) is 112 cm³/mol. The summed E-state index contributed by atoms with van der Waals surface area (Å²) in [5.41, 5.74) is 3.56. The minimum Gasteiger partial charge on any atom is -0.345 e. The zero-order valence-electron chi connectivity index (χ0n) is 13.9. The molecule has 5 aromatic rings. The van der Waals surface area contributed by atoms with Crippen LogP contribution in [-0.4, -0.2) is 9.97 Å². The summed E-state index contributed by atoms with van der Waals surface area (Å²) in [6, 6.07) is 25.9. The van der Waals surface area contributed by atoms with Crippen LogP contribution in [-0.2, 0) is 0 Å². The SMILES string of the molecule is Brc1ccc(-c2ccc3c(c2)cc(-c2ncc[nH]2)c2ccccc23)cc1. The molecule has 1 N–H and O–H groups in total. The van der Waals surface area contributed by atoms with Crippen LogP contribution in [0.2, 0.25) is 0 Å². The summed E-state index contributed by atoms with van der Waals surface area (Å²) in [6.45, 7) is 0. The second kappa shape index (κ2) is 6.11. The lowest BCUT2D eigenvalue weighted by atomic mass is 9.94. The molecule has 0 fully saturated rings. The van der Waals surface area contributed by atoms with E-state index in [0.717, 1.165) is 15.9 Å². The molecule has 0 saturated carbocycles. The normalized spacial score (nSPS) is 11.3. The molecule has 124 valence electrons. The van der Waals surface area contributed by atoms with Gasteiger partial charge in [0.2, 0.25) is 0 Å². The van der Waals surface area contributed by atoms with E-state index in [9.17, 15) is 0 Å². The standard InChI is InChI=1S/C23H15BrN2/c24-18-8-5-15(6-9-18)16-7-10-19-17(13-16)14-22(23-25-11-12-26-23)21-4-2-1-3-20(19)21/h1-14H,(H,25,26). The van der Waals surface area contributed by atoms with Gasteiger partial charge in [0.25, 0.3) is 0 Å². The monoisotopic (exact) mass is 398 g/mol. The topological polar surface area (TPSA) is 28.7 Å². The molecule has 26 heavy (non-hydrogen) atoms. The van der Waals surface area contributed by atoms with Gasteiger partial charge in [-0.25, -0.2) is 4.98 Å². The third-order valence-corrected chi connectivity index (χ3v) is 5.32. The molecule has 0 spiro atoms. The third-order valence-electron chi connectivity index (χ3n) is 4.79. The van der Waals surface area contributed by atoms with Crippen LogP contribution in [0.15, 0.2) is 89.7 Å². The first-order valence-electron chi connectivity index (χ1n) is 8.51. The highest BCUT2D eigenvalue weighted by Crippen LogP contribution is 2.35. The van der Waals surface area contributed by atoms with Gasteiger partial charge in [-0.2, -0.15) is 0 Å². The average molecular weight is 399 g/mol. The van der Waals surface area contributed by atoms with Gasteiger partial charge in [0, 0.05) is 22.4 Å². The zero-order valence-corrected chi connectivity index (χ0v) is 15.5. The summed E-state index contributed by atoms with van der Waals surface area (Å²) in [5, 5.41) is 4.94. The van der Waals surface area contributed by atoms with Crippen molar-refractivity contribution < 1.29 is 0 Å². The van der Waals surface area contributed by atoms with Gasteiger partial charge in [0.15, 0.2) is 0 Å². The molecule has 0 radical (unpaired) electrons. The Bertz CT molecular complexity index is 1220. The van der Waals surface area contributed by atoms with Crippen LogP contribution in [0.1, 0.15) is 0 Å². The van der Waals surface area contributed by atoms with Gasteiger partial charge in [-0.3, -0.25) is 0 Å². The lowest BCUT2D eigenvalue weighted by molar-refractivity contribution is 1.32. The number of fused-ring (bicyclic) bond motifs is 3. The van der Waals surface area contributed by atoms with Crippen LogP contribution in [0.4, 0.5) is 0 Å². The molecule has 0 aliphatic rings. The third kappa shape index (κ3) is 2.52. The van der Waals surface area contributed by atoms with Crippen molar-refractivity contribution >= 4 is 37.5 Å². The lowest BCUT2D eigenvalue weighted by Crippen LogP contribution is -1.87. The van der Waals surface area contributed by atoms with Crippen molar-refractivity contribution in [2.24, 2.45) is 0 Å². The van der Waals surface area contributed by atoms with Crippen LogP contribution in [0, 0.1) is 0 Å². The van der Waals surface area contributed by atoms with E-state index in [2.05, 4.69) is 98.7 Å². The Balaban J connectivity index is 1.80. The van der Waals surface area contributed by atoms with Crippen LogP contribution in [0.25, 0.3) is 44.1 Å². The first-order chi connectivity index (χ1) is 12.8. The van der Waals surface area contributed by atoms with Crippen LogP contribution < -0.4 is 0 Å².